The van der Waals surface area contributed by atoms with Crippen molar-refractivity contribution < 1.29 is 0 Å². The molecule has 1 N–H and O–H groups in total. The molecule has 0 aliphatic heterocycles. The fourth-order valence-corrected chi connectivity index (χ4v) is 1.85. The molecule has 0 aliphatic rings. The molecule has 0 fully saturated rings. The Bertz CT molecular complexity index is 339. The molecule has 3 nitrogen and oxygen atoms in total. The summed E-state index contributed by atoms with van der Waals surface area (Å²) >= 11 is 0. The average molecular weight is 235 g/mol. The highest BCUT2D eigenvalue weighted by Crippen LogP contribution is 2.13. The molecule has 3 heteroatoms. The van der Waals surface area contributed by atoms with Gasteiger partial charge in [-0.15, -0.1) is 0 Å². The van der Waals surface area contributed by atoms with Crippen LogP contribution in [0.25, 0.3) is 5.57 Å². The summed E-state index contributed by atoms with van der Waals surface area (Å²) in [7, 11) is 0. The highest BCUT2D eigenvalue weighted by Gasteiger charge is 2.02. The van der Waals surface area contributed by atoms with E-state index in [0.29, 0.717) is 0 Å². The number of nitrogens with zero attached hydrogens (tertiary/aromatic N) is 2. The third kappa shape index (κ3) is 4.73. The van der Waals surface area contributed by atoms with Gasteiger partial charge in [-0.05, 0) is 50.9 Å². The molecule has 0 unspecified atom stereocenters. The number of aromatic nitrogens is 2. The van der Waals surface area contributed by atoms with Crippen LogP contribution in [-0.2, 0) is 6.54 Å². The van der Waals surface area contributed by atoms with Crippen molar-refractivity contribution in [2.45, 2.75) is 46.6 Å². The van der Waals surface area contributed by atoms with E-state index in [2.05, 4.69) is 48.0 Å². The largest absolute Gasteiger partial charge is 0.316 e. The van der Waals surface area contributed by atoms with Gasteiger partial charge in [0.15, 0.2) is 0 Å². The van der Waals surface area contributed by atoms with Crippen LogP contribution in [0.2, 0.25) is 0 Å². The van der Waals surface area contributed by atoms with Crippen LogP contribution in [0.4, 0.5) is 0 Å². The minimum absolute atomic E-state index is 1.00. The molecule has 0 saturated heterocycles. The smallest absolute Gasteiger partial charge is 0.0635 e. The highest BCUT2D eigenvalue weighted by atomic mass is 15.3. The quantitative estimate of drug-likeness (QED) is 0.702. The molecular formula is C14H25N3. The number of allylic oxidation sites excluding steroid dienone is 1. The molecule has 0 radical (unpaired) electrons. The molecular weight excluding hydrogens is 210 g/mol. The van der Waals surface area contributed by atoms with Crippen LogP contribution in [0.3, 0.4) is 0 Å². The summed E-state index contributed by atoms with van der Waals surface area (Å²) in [5, 5.41) is 7.75. The molecule has 0 bridgehead atoms. The van der Waals surface area contributed by atoms with E-state index in [4.69, 9.17) is 0 Å². The number of aryl methyl sites for hydroxylation is 1. The van der Waals surface area contributed by atoms with Crippen molar-refractivity contribution in [1.82, 2.24) is 15.1 Å². The molecule has 0 spiro atoms. The molecule has 1 aromatic rings. The van der Waals surface area contributed by atoms with Gasteiger partial charge >= 0.3 is 0 Å². The van der Waals surface area contributed by atoms with Gasteiger partial charge < -0.3 is 5.32 Å². The number of rotatable bonds is 8. The molecule has 0 aliphatic carbocycles. The van der Waals surface area contributed by atoms with Gasteiger partial charge in [0.25, 0.3) is 0 Å². The lowest BCUT2D eigenvalue weighted by molar-refractivity contribution is 0.596. The van der Waals surface area contributed by atoms with Crippen molar-refractivity contribution in [3.05, 3.63) is 24.0 Å². The second-order valence-corrected chi connectivity index (χ2v) is 4.37. The maximum Gasteiger partial charge on any atom is 0.0635 e. The SMILES string of the molecule is CCCNCCC=C(C)c1ccnn1CCC. The van der Waals surface area contributed by atoms with E-state index in [0.717, 1.165) is 32.5 Å². The first-order valence-electron chi connectivity index (χ1n) is 6.69. The fourth-order valence-electron chi connectivity index (χ4n) is 1.85. The molecule has 1 aromatic heterocycles. The first-order chi connectivity index (χ1) is 8.29. The Morgan fingerprint density at radius 3 is 2.88 bits per heavy atom. The van der Waals surface area contributed by atoms with Crippen LogP contribution >= 0.6 is 0 Å². The van der Waals surface area contributed by atoms with E-state index < -0.39 is 0 Å². The van der Waals surface area contributed by atoms with Crippen molar-refractivity contribution in [3.8, 4) is 0 Å². The van der Waals surface area contributed by atoms with Gasteiger partial charge in [0.1, 0.15) is 0 Å². The zero-order valence-electron chi connectivity index (χ0n) is 11.4. The molecule has 17 heavy (non-hydrogen) atoms. The first-order valence-corrected chi connectivity index (χ1v) is 6.69. The molecule has 1 heterocycles. The second kappa shape index (κ2) is 8.07. The summed E-state index contributed by atoms with van der Waals surface area (Å²) in [6.45, 7) is 9.72. The minimum Gasteiger partial charge on any atom is -0.316 e. The van der Waals surface area contributed by atoms with Crippen LogP contribution < -0.4 is 5.32 Å². The van der Waals surface area contributed by atoms with Crippen molar-refractivity contribution in [1.29, 1.82) is 0 Å². The molecule has 1 rings (SSSR count). The Kier molecular flexibility index (Phi) is 6.63. The summed E-state index contributed by atoms with van der Waals surface area (Å²) in [6, 6.07) is 2.10. The van der Waals surface area contributed by atoms with Crippen LogP contribution in [0, 0.1) is 0 Å². The fraction of sp³-hybridized carbons (Fsp3) is 0.643. The van der Waals surface area contributed by atoms with E-state index >= 15 is 0 Å². The molecule has 0 aromatic carbocycles. The monoisotopic (exact) mass is 235 g/mol. The molecule has 96 valence electrons. The van der Waals surface area contributed by atoms with Gasteiger partial charge in [0.2, 0.25) is 0 Å². The van der Waals surface area contributed by atoms with Crippen LogP contribution in [0.5, 0.6) is 0 Å². The summed E-state index contributed by atoms with van der Waals surface area (Å²) in [4.78, 5) is 0. The second-order valence-electron chi connectivity index (χ2n) is 4.37. The van der Waals surface area contributed by atoms with Crippen LogP contribution in [0.1, 0.15) is 45.7 Å². The normalized spacial score (nSPS) is 12.1. The maximum absolute atomic E-state index is 4.34. The van der Waals surface area contributed by atoms with Gasteiger partial charge in [-0.2, -0.15) is 5.10 Å². The lowest BCUT2D eigenvalue weighted by Gasteiger charge is -2.06. The Balaban J connectivity index is 2.47. The number of nitrogens with one attached hydrogen (secondary N) is 1. The van der Waals surface area contributed by atoms with E-state index in [-0.39, 0.29) is 0 Å². The summed E-state index contributed by atoms with van der Waals surface area (Å²) < 4.78 is 2.09. The van der Waals surface area contributed by atoms with Crippen molar-refractivity contribution in [2.75, 3.05) is 13.1 Å². The van der Waals surface area contributed by atoms with Crippen molar-refractivity contribution in [3.63, 3.8) is 0 Å². The molecule has 0 saturated carbocycles. The number of hydrogen-bond donors (Lipinski definition) is 1. The van der Waals surface area contributed by atoms with Gasteiger partial charge in [0.05, 0.1) is 5.69 Å². The summed E-state index contributed by atoms with van der Waals surface area (Å²) in [6.07, 6.45) is 7.60. The van der Waals surface area contributed by atoms with Gasteiger partial charge in [-0.3, -0.25) is 4.68 Å². The Morgan fingerprint density at radius 1 is 1.35 bits per heavy atom. The molecule has 0 atom stereocenters. The van der Waals surface area contributed by atoms with Gasteiger partial charge in [-0.25, -0.2) is 0 Å². The predicted octanol–water partition coefficient (Wildman–Crippen LogP) is 3.09. The summed E-state index contributed by atoms with van der Waals surface area (Å²) in [5.74, 6) is 0. The third-order valence-corrected chi connectivity index (χ3v) is 2.75. The topological polar surface area (TPSA) is 29.9 Å². The lowest BCUT2D eigenvalue weighted by Crippen LogP contribution is -2.15. The third-order valence-electron chi connectivity index (χ3n) is 2.75. The zero-order chi connectivity index (χ0) is 12.5. The predicted molar refractivity (Wildman–Crippen MR) is 73.9 cm³/mol. The Morgan fingerprint density at radius 2 is 2.18 bits per heavy atom. The summed E-state index contributed by atoms with van der Waals surface area (Å²) in [5.41, 5.74) is 2.58. The zero-order valence-corrected chi connectivity index (χ0v) is 11.4. The Labute approximate surface area is 105 Å². The van der Waals surface area contributed by atoms with Crippen LogP contribution in [0.15, 0.2) is 18.3 Å². The highest BCUT2D eigenvalue weighted by molar-refractivity contribution is 5.60. The first kappa shape index (κ1) is 14.0. The minimum atomic E-state index is 1.00. The van der Waals surface area contributed by atoms with E-state index in [1.807, 2.05) is 6.20 Å². The Hall–Kier alpha value is -1.09. The van der Waals surface area contributed by atoms with E-state index in [1.165, 1.54) is 17.7 Å². The van der Waals surface area contributed by atoms with Gasteiger partial charge in [-0.1, -0.05) is 19.9 Å². The average Bonchev–Trinajstić information content (AvgIpc) is 2.77. The van der Waals surface area contributed by atoms with E-state index in [9.17, 15) is 0 Å². The number of hydrogen-bond acceptors (Lipinski definition) is 2. The van der Waals surface area contributed by atoms with Crippen molar-refractivity contribution in [2.24, 2.45) is 0 Å². The maximum atomic E-state index is 4.34. The lowest BCUT2D eigenvalue weighted by atomic mass is 10.2. The van der Waals surface area contributed by atoms with E-state index in [1.54, 1.807) is 0 Å². The van der Waals surface area contributed by atoms with Crippen molar-refractivity contribution >= 4 is 5.57 Å². The van der Waals surface area contributed by atoms with Gasteiger partial charge in [0, 0.05) is 12.7 Å². The molecule has 0 amide bonds. The standard InChI is InChI=1S/C14H25N3/c1-4-9-15-10-6-7-13(3)14-8-11-16-17(14)12-5-2/h7-8,11,15H,4-6,9-10,12H2,1-3H3. The van der Waals surface area contributed by atoms with Crippen LogP contribution in [-0.4, -0.2) is 22.9 Å².